The lowest BCUT2D eigenvalue weighted by Crippen LogP contribution is -2.01. The van der Waals surface area contributed by atoms with Gasteiger partial charge in [0.1, 0.15) is 5.82 Å². The molecule has 0 radical (unpaired) electrons. The molecular weight excluding hydrogens is 889 g/mol. The van der Waals surface area contributed by atoms with Crippen LogP contribution in [-0.4, -0.2) is 29.5 Å². The Morgan fingerprint density at radius 3 is 1.19 bits per heavy atom. The predicted octanol–water partition coefficient (Wildman–Crippen LogP) is 16.9. The maximum absolute atomic E-state index is 5.72. The standard InChI is InChI=1S/C67H42N6/c1-4-22-45(23-5-1)59-41-61(55-36-18-26-43-20-10-12-30-51(43)55)70-65(68-59)47-38-48(66-69-60(46-24-6-2-7-25-46)42-62(71-66)56-37-19-27-44-21-11-13-31-52(44)56)40-49(39-47)67-72-63-57-34-16-14-32-53(57)54-33-15-17-35-58(54)64(63)73(67)50-28-8-3-9-29-50/h1-42H. The number of aromatic nitrogens is 6. The summed E-state index contributed by atoms with van der Waals surface area (Å²) in [5.41, 5.74) is 12.7. The molecule has 0 bridgehead atoms. The molecule has 0 aliphatic rings. The molecule has 0 saturated heterocycles. The smallest absolute Gasteiger partial charge is 0.160 e. The minimum absolute atomic E-state index is 0.569. The minimum atomic E-state index is 0.569. The van der Waals surface area contributed by atoms with Crippen LogP contribution in [0.15, 0.2) is 255 Å². The molecular formula is C67H42N6. The number of nitrogens with zero attached hydrogens (tertiary/aromatic N) is 6. The van der Waals surface area contributed by atoms with Crippen LogP contribution in [0.1, 0.15) is 0 Å². The first-order chi connectivity index (χ1) is 36.2. The summed E-state index contributed by atoms with van der Waals surface area (Å²) in [5.74, 6) is 1.91. The van der Waals surface area contributed by atoms with Crippen LogP contribution in [0, 0.1) is 0 Å². The second-order valence-electron chi connectivity index (χ2n) is 18.4. The summed E-state index contributed by atoms with van der Waals surface area (Å²) in [6.07, 6.45) is 0. The molecule has 0 atom stereocenters. The number of benzene rings is 11. The van der Waals surface area contributed by atoms with Gasteiger partial charge in [-0.15, -0.1) is 0 Å². The summed E-state index contributed by atoms with van der Waals surface area (Å²) in [7, 11) is 0. The van der Waals surface area contributed by atoms with E-state index in [9.17, 15) is 0 Å². The van der Waals surface area contributed by atoms with Crippen molar-refractivity contribution in [3.05, 3.63) is 255 Å². The largest absolute Gasteiger partial charge is 0.292 e. The fraction of sp³-hybridized carbons (Fsp3) is 0. The number of fused-ring (bicyclic) bond motifs is 8. The summed E-state index contributed by atoms with van der Waals surface area (Å²) >= 11 is 0. The van der Waals surface area contributed by atoms with Crippen molar-refractivity contribution in [1.29, 1.82) is 0 Å². The maximum Gasteiger partial charge on any atom is 0.160 e. The molecule has 6 heteroatoms. The SMILES string of the molecule is c1ccc(-c2cc(-c3cccc4ccccc34)nc(-c3cc(-c4nc(-c5ccccc5)cc(-c5cccc6ccccc56)n4)cc(-c4nc5c6ccccc6c6ccccc6c5n4-c4ccccc4)c3)n2)cc1. The Labute approximate surface area is 421 Å². The Morgan fingerprint density at radius 1 is 0.260 bits per heavy atom. The number of rotatable bonds is 8. The maximum atomic E-state index is 5.72. The van der Waals surface area contributed by atoms with Crippen molar-refractivity contribution < 1.29 is 0 Å². The van der Waals surface area contributed by atoms with Crippen molar-refractivity contribution in [3.8, 4) is 84.9 Å². The average molecular weight is 931 g/mol. The van der Waals surface area contributed by atoms with Crippen molar-refractivity contribution in [2.24, 2.45) is 0 Å². The monoisotopic (exact) mass is 930 g/mol. The van der Waals surface area contributed by atoms with Crippen molar-refractivity contribution in [1.82, 2.24) is 29.5 Å². The van der Waals surface area contributed by atoms with Crippen molar-refractivity contribution in [3.63, 3.8) is 0 Å². The van der Waals surface area contributed by atoms with Crippen LogP contribution in [0.5, 0.6) is 0 Å². The van der Waals surface area contributed by atoms with E-state index in [4.69, 9.17) is 24.9 Å². The summed E-state index contributed by atoms with van der Waals surface area (Å²) in [6.45, 7) is 0. The summed E-state index contributed by atoms with van der Waals surface area (Å²) in [4.78, 5) is 27.6. The topological polar surface area (TPSA) is 69.4 Å². The lowest BCUT2D eigenvalue weighted by atomic mass is 9.99. The van der Waals surface area contributed by atoms with Crippen LogP contribution < -0.4 is 0 Å². The van der Waals surface area contributed by atoms with Gasteiger partial charge in [-0.2, -0.15) is 0 Å². The quantitative estimate of drug-likeness (QED) is 0.142. The van der Waals surface area contributed by atoms with E-state index in [0.717, 1.165) is 122 Å². The Morgan fingerprint density at radius 2 is 0.658 bits per heavy atom. The molecule has 0 aliphatic carbocycles. The molecule has 0 spiro atoms. The molecule has 6 nitrogen and oxygen atoms in total. The first-order valence-electron chi connectivity index (χ1n) is 24.6. The molecule has 0 amide bonds. The van der Waals surface area contributed by atoms with E-state index in [1.807, 2.05) is 12.1 Å². The van der Waals surface area contributed by atoms with Gasteiger partial charge < -0.3 is 0 Å². The molecule has 11 aromatic carbocycles. The Kier molecular flexibility index (Phi) is 10.1. The van der Waals surface area contributed by atoms with E-state index >= 15 is 0 Å². The number of hydrogen-bond acceptors (Lipinski definition) is 5. The zero-order valence-corrected chi connectivity index (χ0v) is 39.4. The van der Waals surface area contributed by atoms with Gasteiger partial charge in [0.05, 0.1) is 33.8 Å². The van der Waals surface area contributed by atoms with Crippen LogP contribution >= 0.6 is 0 Å². The van der Waals surface area contributed by atoms with Crippen molar-refractivity contribution in [2.75, 3.05) is 0 Å². The number of para-hydroxylation sites is 1. The van der Waals surface area contributed by atoms with Gasteiger partial charge in [-0.1, -0.05) is 212 Å². The zero-order chi connectivity index (χ0) is 48.2. The molecule has 0 saturated carbocycles. The first-order valence-corrected chi connectivity index (χ1v) is 24.6. The van der Waals surface area contributed by atoms with E-state index in [2.05, 4.69) is 247 Å². The van der Waals surface area contributed by atoms with Gasteiger partial charge in [-0.05, 0) is 74.8 Å². The third-order valence-corrected chi connectivity index (χ3v) is 14.0. The van der Waals surface area contributed by atoms with Crippen LogP contribution in [-0.2, 0) is 0 Å². The Balaban J connectivity index is 1.09. The molecule has 0 unspecified atom stereocenters. The van der Waals surface area contributed by atoms with Crippen LogP contribution in [0.25, 0.3) is 139 Å². The lowest BCUT2D eigenvalue weighted by Gasteiger charge is -2.16. The summed E-state index contributed by atoms with van der Waals surface area (Å²) in [5, 5.41) is 9.04. The average Bonchev–Trinajstić information content (AvgIpc) is 3.89. The fourth-order valence-corrected chi connectivity index (χ4v) is 10.6. The highest BCUT2D eigenvalue weighted by Crippen LogP contribution is 2.42. The van der Waals surface area contributed by atoms with Crippen LogP contribution in [0.4, 0.5) is 0 Å². The summed E-state index contributed by atoms with van der Waals surface area (Å²) < 4.78 is 2.32. The third-order valence-electron chi connectivity index (χ3n) is 14.0. The van der Waals surface area contributed by atoms with Gasteiger partial charge in [0.25, 0.3) is 0 Å². The molecule has 340 valence electrons. The Bertz CT molecular complexity index is 4240. The highest BCUT2D eigenvalue weighted by atomic mass is 15.1. The molecule has 73 heavy (non-hydrogen) atoms. The normalized spacial score (nSPS) is 11.6. The molecule has 3 heterocycles. The van der Waals surface area contributed by atoms with E-state index in [1.165, 1.54) is 5.39 Å². The highest BCUT2D eigenvalue weighted by molar-refractivity contribution is 6.24. The van der Waals surface area contributed by atoms with Gasteiger partial charge in [0, 0.05) is 55.4 Å². The second-order valence-corrected chi connectivity index (χ2v) is 18.4. The number of imidazole rings is 1. The van der Waals surface area contributed by atoms with Crippen LogP contribution in [0.2, 0.25) is 0 Å². The lowest BCUT2D eigenvalue weighted by molar-refractivity contribution is 1.10. The van der Waals surface area contributed by atoms with Gasteiger partial charge in [-0.25, -0.2) is 24.9 Å². The summed E-state index contributed by atoms with van der Waals surface area (Å²) in [6, 6.07) is 89.1. The highest BCUT2D eigenvalue weighted by Gasteiger charge is 2.23. The van der Waals surface area contributed by atoms with E-state index in [1.54, 1.807) is 0 Å². The third kappa shape index (κ3) is 7.40. The van der Waals surface area contributed by atoms with E-state index in [-0.39, 0.29) is 0 Å². The molecule has 0 aliphatic heterocycles. The van der Waals surface area contributed by atoms with Gasteiger partial charge in [0.2, 0.25) is 0 Å². The zero-order valence-electron chi connectivity index (χ0n) is 39.4. The number of hydrogen-bond donors (Lipinski definition) is 0. The van der Waals surface area contributed by atoms with Gasteiger partial charge >= 0.3 is 0 Å². The second kappa shape index (κ2) is 17.5. The molecule has 0 fully saturated rings. The molecule has 0 N–H and O–H groups in total. The van der Waals surface area contributed by atoms with Crippen molar-refractivity contribution >= 4 is 54.1 Å². The molecule has 14 rings (SSSR count). The molecule has 14 aromatic rings. The molecule has 3 aromatic heterocycles. The van der Waals surface area contributed by atoms with Gasteiger partial charge in [-0.3, -0.25) is 4.57 Å². The van der Waals surface area contributed by atoms with E-state index in [0.29, 0.717) is 11.6 Å². The fourth-order valence-electron chi connectivity index (χ4n) is 10.6. The first kappa shape index (κ1) is 42.0. The van der Waals surface area contributed by atoms with Crippen molar-refractivity contribution in [2.45, 2.75) is 0 Å². The minimum Gasteiger partial charge on any atom is -0.292 e. The Hall–Kier alpha value is -9.91. The van der Waals surface area contributed by atoms with E-state index < -0.39 is 0 Å². The van der Waals surface area contributed by atoms with Crippen LogP contribution in [0.3, 0.4) is 0 Å². The van der Waals surface area contributed by atoms with Gasteiger partial charge in [0.15, 0.2) is 11.6 Å². The predicted molar refractivity (Wildman–Crippen MR) is 300 cm³/mol.